The number of amides is 1. The van der Waals surface area contributed by atoms with E-state index in [1.165, 1.54) is 11.2 Å². The molecule has 2 heterocycles. The molecule has 1 aliphatic heterocycles. The lowest BCUT2D eigenvalue weighted by molar-refractivity contribution is -0.152. The van der Waals surface area contributed by atoms with E-state index in [1.54, 1.807) is 11.0 Å². The number of aliphatic carboxylic acids is 1. The van der Waals surface area contributed by atoms with Gasteiger partial charge in [0.2, 0.25) is 5.91 Å². The fraction of sp³-hybridized carbons (Fsp3) is 0.667. The molecule has 1 saturated heterocycles. The zero-order chi connectivity index (χ0) is 13.7. The maximum atomic E-state index is 12.1. The van der Waals surface area contributed by atoms with Crippen LogP contribution >= 0.6 is 0 Å². The quantitative estimate of drug-likeness (QED) is 0.839. The molecule has 1 fully saturated rings. The molecule has 1 aliphatic rings. The molecule has 1 atom stereocenters. The highest BCUT2D eigenvalue weighted by Gasteiger charge is 2.31. The highest BCUT2D eigenvalue weighted by Crippen LogP contribution is 2.18. The number of hydrogen-bond donors (Lipinski definition) is 1. The van der Waals surface area contributed by atoms with Crippen molar-refractivity contribution in [3.8, 4) is 0 Å². The number of carboxylic acid groups (broad SMARTS) is 1. The van der Waals surface area contributed by atoms with Crippen molar-refractivity contribution in [2.45, 2.75) is 44.7 Å². The van der Waals surface area contributed by atoms with E-state index in [4.69, 9.17) is 5.11 Å². The SMILES string of the molecule is O=C(O)[C@@H]1CCCCN1C(=O)CCCn1cncn1. The summed E-state index contributed by atoms with van der Waals surface area (Å²) in [6, 6.07) is -0.646. The Morgan fingerprint density at radius 1 is 1.37 bits per heavy atom. The van der Waals surface area contributed by atoms with E-state index in [1.807, 2.05) is 0 Å². The number of carbonyl (C=O) groups excluding carboxylic acids is 1. The molecule has 104 valence electrons. The first-order valence-corrected chi connectivity index (χ1v) is 6.53. The van der Waals surface area contributed by atoms with Crippen molar-refractivity contribution in [3.63, 3.8) is 0 Å². The summed E-state index contributed by atoms with van der Waals surface area (Å²) in [5.74, 6) is -0.975. The lowest BCUT2D eigenvalue weighted by Gasteiger charge is -2.33. The lowest BCUT2D eigenvalue weighted by atomic mass is 10.0. The standard InChI is InChI=1S/C12H18N4O3/c17-11(5-3-6-15-9-13-8-14-15)16-7-2-1-4-10(16)12(18)19/h8-10H,1-7H2,(H,18,19)/t10-/m0/s1. The summed E-state index contributed by atoms with van der Waals surface area (Å²) in [6.07, 6.45) is 6.37. The minimum absolute atomic E-state index is 0.0767. The molecule has 0 aromatic carbocycles. The second-order valence-electron chi connectivity index (χ2n) is 4.70. The van der Waals surface area contributed by atoms with Crippen molar-refractivity contribution in [1.29, 1.82) is 0 Å². The zero-order valence-electron chi connectivity index (χ0n) is 10.7. The molecule has 0 unspecified atom stereocenters. The number of aromatic nitrogens is 3. The van der Waals surface area contributed by atoms with Gasteiger partial charge >= 0.3 is 5.97 Å². The van der Waals surface area contributed by atoms with Crippen LogP contribution in [0.5, 0.6) is 0 Å². The molecule has 0 bridgehead atoms. The maximum Gasteiger partial charge on any atom is 0.326 e. The van der Waals surface area contributed by atoms with Gasteiger partial charge in [0, 0.05) is 19.5 Å². The molecule has 1 N–H and O–H groups in total. The molecular formula is C12H18N4O3. The molecular weight excluding hydrogens is 248 g/mol. The van der Waals surface area contributed by atoms with Gasteiger partial charge in [-0.1, -0.05) is 0 Å². The minimum Gasteiger partial charge on any atom is -0.480 e. The van der Waals surface area contributed by atoms with Crippen molar-refractivity contribution in [3.05, 3.63) is 12.7 Å². The van der Waals surface area contributed by atoms with E-state index in [-0.39, 0.29) is 5.91 Å². The van der Waals surface area contributed by atoms with Crippen LogP contribution in [0.2, 0.25) is 0 Å². The Morgan fingerprint density at radius 2 is 2.21 bits per heavy atom. The number of rotatable bonds is 5. The first-order chi connectivity index (χ1) is 9.18. The van der Waals surface area contributed by atoms with Gasteiger partial charge in [-0.3, -0.25) is 9.48 Å². The summed E-state index contributed by atoms with van der Waals surface area (Å²) in [4.78, 5) is 28.5. The average Bonchev–Trinajstić information content (AvgIpc) is 2.91. The number of piperidine rings is 1. The molecule has 2 rings (SSSR count). The molecule has 19 heavy (non-hydrogen) atoms. The van der Waals surface area contributed by atoms with Crippen molar-refractivity contribution in [2.24, 2.45) is 0 Å². The van der Waals surface area contributed by atoms with Crippen LogP contribution in [-0.4, -0.2) is 49.2 Å². The Morgan fingerprint density at radius 3 is 2.89 bits per heavy atom. The van der Waals surface area contributed by atoms with Gasteiger partial charge in [-0.25, -0.2) is 9.78 Å². The summed E-state index contributed by atoms with van der Waals surface area (Å²) in [6.45, 7) is 1.18. The molecule has 1 amide bonds. The largest absolute Gasteiger partial charge is 0.480 e. The van der Waals surface area contributed by atoms with Crippen molar-refractivity contribution in [1.82, 2.24) is 19.7 Å². The average molecular weight is 266 g/mol. The van der Waals surface area contributed by atoms with Gasteiger partial charge in [0.25, 0.3) is 0 Å². The predicted molar refractivity (Wildman–Crippen MR) is 66.2 cm³/mol. The van der Waals surface area contributed by atoms with Crippen LogP contribution in [0, 0.1) is 0 Å². The highest BCUT2D eigenvalue weighted by atomic mass is 16.4. The molecule has 1 aromatic rings. The van der Waals surface area contributed by atoms with Crippen molar-refractivity contribution >= 4 is 11.9 Å². The van der Waals surface area contributed by atoms with Crippen LogP contribution in [0.1, 0.15) is 32.1 Å². The van der Waals surface area contributed by atoms with Gasteiger partial charge in [-0.05, 0) is 25.7 Å². The second-order valence-corrected chi connectivity index (χ2v) is 4.70. The summed E-state index contributed by atoms with van der Waals surface area (Å²) >= 11 is 0. The number of hydrogen-bond acceptors (Lipinski definition) is 4. The summed E-state index contributed by atoms with van der Waals surface area (Å²) in [5.41, 5.74) is 0. The molecule has 1 aromatic heterocycles. The number of carboxylic acids is 1. The number of nitrogens with zero attached hydrogens (tertiary/aromatic N) is 4. The number of carbonyl (C=O) groups is 2. The fourth-order valence-corrected chi connectivity index (χ4v) is 2.37. The monoisotopic (exact) mass is 266 g/mol. The van der Waals surface area contributed by atoms with Crippen LogP contribution in [0.25, 0.3) is 0 Å². The molecule has 0 spiro atoms. The molecule has 7 nitrogen and oxygen atoms in total. The van der Waals surface area contributed by atoms with Crippen LogP contribution in [0.4, 0.5) is 0 Å². The third-order valence-electron chi connectivity index (χ3n) is 3.35. The van der Waals surface area contributed by atoms with E-state index < -0.39 is 12.0 Å². The zero-order valence-corrected chi connectivity index (χ0v) is 10.7. The van der Waals surface area contributed by atoms with E-state index in [9.17, 15) is 9.59 Å². The summed E-state index contributed by atoms with van der Waals surface area (Å²) in [5, 5.41) is 13.1. The van der Waals surface area contributed by atoms with Gasteiger partial charge in [0.05, 0.1) is 0 Å². The first kappa shape index (κ1) is 13.5. The number of aryl methyl sites for hydroxylation is 1. The van der Waals surface area contributed by atoms with Crippen molar-refractivity contribution < 1.29 is 14.7 Å². The van der Waals surface area contributed by atoms with Gasteiger partial charge in [0.15, 0.2) is 0 Å². The van der Waals surface area contributed by atoms with E-state index in [0.29, 0.717) is 32.4 Å². The molecule has 7 heteroatoms. The Hall–Kier alpha value is -1.92. The third-order valence-corrected chi connectivity index (χ3v) is 3.35. The van der Waals surface area contributed by atoms with E-state index in [2.05, 4.69) is 10.1 Å². The van der Waals surface area contributed by atoms with Crippen LogP contribution in [0.3, 0.4) is 0 Å². The number of likely N-dealkylation sites (tertiary alicyclic amines) is 1. The summed E-state index contributed by atoms with van der Waals surface area (Å²) in [7, 11) is 0. The maximum absolute atomic E-state index is 12.1. The van der Waals surface area contributed by atoms with Crippen LogP contribution < -0.4 is 0 Å². The van der Waals surface area contributed by atoms with Gasteiger partial charge < -0.3 is 10.0 Å². The van der Waals surface area contributed by atoms with E-state index in [0.717, 1.165) is 12.8 Å². The Kier molecular flexibility index (Phi) is 4.48. The third kappa shape index (κ3) is 3.52. The minimum atomic E-state index is -0.899. The normalized spacial score (nSPS) is 19.4. The Balaban J connectivity index is 1.82. The van der Waals surface area contributed by atoms with Gasteiger partial charge in [0.1, 0.15) is 18.7 Å². The van der Waals surface area contributed by atoms with Crippen molar-refractivity contribution in [2.75, 3.05) is 6.54 Å². The Bertz CT molecular complexity index is 432. The topological polar surface area (TPSA) is 88.3 Å². The first-order valence-electron chi connectivity index (χ1n) is 6.53. The molecule has 0 saturated carbocycles. The molecule has 0 aliphatic carbocycles. The van der Waals surface area contributed by atoms with Crippen LogP contribution in [0.15, 0.2) is 12.7 Å². The van der Waals surface area contributed by atoms with Gasteiger partial charge in [-0.2, -0.15) is 5.10 Å². The van der Waals surface area contributed by atoms with Gasteiger partial charge in [-0.15, -0.1) is 0 Å². The smallest absolute Gasteiger partial charge is 0.326 e. The highest BCUT2D eigenvalue weighted by molar-refractivity contribution is 5.83. The van der Waals surface area contributed by atoms with E-state index >= 15 is 0 Å². The fourth-order valence-electron chi connectivity index (χ4n) is 2.37. The Labute approximate surface area is 111 Å². The summed E-state index contributed by atoms with van der Waals surface area (Å²) < 4.78 is 1.66. The van der Waals surface area contributed by atoms with Crippen LogP contribution in [-0.2, 0) is 16.1 Å². The second kappa shape index (κ2) is 6.31. The lowest BCUT2D eigenvalue weighted by Crippen LogP contribution is -2.47. The predicted octanol–water partition coefficient (Wildman–Crippen LogP) is 0.524. The molecule has 0 radical (unpaired) electrons.